The van der Waals surface area contributed by atoms with E-state index in [-0.39, 0.29) is 0 Å². The Bertz CT molecular complexity index is 291. The molecule has 0 aromatic heterocycles. The molecule has 0 amide bonds. The molecule has 21 heavy (non-hydrogen) atoms. The number of piperidine rings is 1. The number of likely N-dealkylation sites (tertiary alicyclic amines) is 1. The molecule has 1 saturated carbocycles. The summed E-state index contributed by atoms with van der Waals surface area (Å²) in [5.41, 5.74) is 0. The molecule has 3 unspecified atom stereocenters. The Hall–Kier alpha value is -0.120. The molecule has 0 aromatic carbocycles. The van der Waals surface area contributed by atoms with Crippen LogP contribution in [0.2, 0.25) is 0 Å². The topological polar surface area (TPSA) is 18.5 Å². The second-order valence-electron chi connectivity index (χ2n) is 7.72. The second-order valence-corrected chi connectivity index (χ2v) is 7.72. The van der Waals surface area contributed by atoms with Crippen LogP contribution in [0.25, 0.3) is 0 Å². The lowest BCUT2D eigenvalue weighted by Crippen LogP contribution is -2.59. The van der Waals surface area contributed by atoms with Gasteiger partial charge in [-0.15, -0.1) is 0 Å². The predicted octanol–water partition coefficient (Wildman–Crippen LogP) is 2.82. The highest BCUT2D eigenvalue weighted by atomic mass is 15.2. The van der Waals surface area contributed by atoms with Gasteiger partial charge in [0.05, 0.1) is 0 Å². The first-order chi connectivity index (χ1) is 10.0. The molecule has 3 heteroatoms. The highest BCUT2D eigenvalue weighted by Crippen LogP contribution is 2.35. The zero-order valence-corrected chi connectivity index (χ0v) is 14.9. The third-order valence-electron chi connectivity index (χ3n) is 6.02. The molecule has 1 aliphatic carbocycles. The van der Waals surface area contributed by atoms with Gasteiger partial charge in [-0.2, -0.15) is 0 Å². The van der Waals surface area contributed by atoms with E-state index in [9.17, 15) is 0 Å². The van der Waals surface area contributed by atoms with E-state index < -0.39 is 0 Å². The number of likely N-dealkylation sites (N-methyl/N-ethyl adjacent to an activating group) is 1. The van der Waals surface area contributed by atoms with Crippen molar-refractivity contribution in [3.63, 3.8) is 0 Å². The van der Waals surface area contributed by atoms with Gasteiger partial charge in [0, 0.05) is 44.3 Å². The summed E-state index contributed by atoms with van der Waals surface area (Å²) >= 11 is 0. The van der Waals surface area contributed by atoms with E-state index in [1.165, 1.54) is 45.3 Å². The van der Waals surface area contributed by atoms with Crippen LogP contribution < -0.4 is 5.32 Å². The van der Waals surface area contributed by atoms with E-state index in [2.05, 4.69) is 49.9 Å². The summed E-state index contributed by atoms with van der Waals surface area (Å²) in [5.74, 6) is 1.77. The van der Waals surface area contributed by atoms with Crippen molar-refractivity contribution in [2.24, 2.45) is 11.8 Å². The lowest BCUT2D eigenvalue weighted by Gasteiger charge is -2.49. The zero-order chi connectivity index (χ0) is 15.4. The number of nitrogens with one attached hydrogen (secondary N) is 1. The van der Waals surface area contributed by atoms with Gasteiger partial charge in [-0.3, -0.25) is 0 Å². The van der Waals surface area contributed by atoms with Crippen molar-refractivity contribution >= 4 is 0 Å². The molecule has 124 valence electrons. The maximum Gasteiger partial charge on any atom is 0.0148 e. The lowest BCUT2D eigenvalue weighted by atomic mass is 9.73. The standard InChI is InChI=1S/C18H37N3/c1-6-15(4)20(5)11-10-19-18-16-8-7-9-17(18)13-21(12-16)14(2)3/h14-19H,6-13H2,1-5H3. The Morgan fingerprint density at radius 3 is 2.29 bits per heavy atom. The number of fused-ring (bicyclic) bond motifs is 2. The Labute approximate surface area is 132 Å². The van der Waals surface area contributed by atoms with Gasteiger partial charge < -0.3 is 15.1 Å². The molecule has 0 aromatic rings. The van der Waals surface area contributed by atoms with Crippen LogP contribution in [0.3, 0.4) is 0 Å². The summed E-state index contributed by atoms with van der Waals surface area (Å²) in [4.78, 5) is 5.20. The van der Waals surface area contributed by atoms with Crippen LogP contribution in [0, 0.1) is 11.8 Å². The number of hydrogen-bond donors (Lipinski definition) is 1. The van der Waals surface area contributed by atoms with Crippen molar-refractivity contribution in [2.75, 3.05) is 33.2 Å². The van der Waals surface area contributed by atoms with E-state index in [0.717, 1.165) is 24.4 Å². The van der Waals surface area contributed by atoms with Crippen LogP contribution in [0.5, 0.6) is 0 Å². The van der Waals surface area contributed by atoms with Gasteiger partial charge in [-0.05, 0) is 58.9 Å². The molecule has 2 fully saturated rings. The van der Waals surface area contributed by atoms with Crippen LogP contribution in [-0.2, 0) is 0 Å². The van der Waals surface area contributed by atoms with Crippen LogP contribution in [0.4, 0.5) is 0 Å². The molecule has 3 atom stereocenters. The summed E-state index contributed by atoms with van der Waals surface area (Å²) < 4.78 is 0. The van der Waals surface area contributed by atoms with E-state index in [1.807, 2.05) is 0 Å². The average molecular weight is 296 g/mol. The van der Waals surface area contributed by atoms with Gasteiger partial charge in [0.25, 0.3) is 0 Å². The highest BCUT2D eigenvalue weighted by molar-refractivity contribution is 4.95. The minimum atomic E-state index is 0.703. The first kappa shape index (κ1) is 17.2. The Morgan fingerprint density at radius 1 is 1.14 bits per heavy atom. The molecule has 2 aliphatic rings. The van der Waals surface area contributed by atoms with E-state index in [4.69, 9.17) is 0 Å². The predicted molar refractivity (Wildman–Crippen MR) is 91.7 cm³/mol. The zero-order valence-electron chi connectivity index (χ0n) is 14.9. The monoisotopic (exact) mass is 295 g/mol. The Morgan fingerprint density at radius 2 is 1.76 bits per heavy atom. The molecule has 1 heterocycles. The van der Waals surface area contributed by atoms with Crippen molar-refractivity contribution < 1.29 is 0 Å². The van der Waals surface area contributed by atoms with Crippen molar-refractivity contribution in [2.45, 2.75) is 71.5 Å². The average Bonchev–Trinajstić information content (AvgIpc) is 2.45. The van der Waals surface area contributed by atoms with Crippen molar-refractivity contribution in [1.29, 1.82) is 0 Å². The van der Waals surface area contributed by atoms with E-state index >= 15 is 0 Å². The first-order valence-electron chi connectivity index (χ1n) is 9.20. The van der Waals surface area contributed by atoms with Crippen LogP contribution in [-0.4, -0.2) is 61.2 Å². The first-order valence-corrected chi connectivity index (χ1v) is 9.20. The minimum Gasteiger partial charge on any atom is -0.312 e. The molecule has 1 saturated heterocycles. The second kappa shape index (κ2) is 7.94. The molecule has 0 spiro atoms. The number of rotatable bonds is 7. The quantitative estimate of drug-likeness (QED) is 0.779. The van der Waals surface area contributed by atoms with Gasteiger partial charge in [-0.25, -0.2) is 0 Å². The normalized spacial score (nSPS) is 31.9. The van der Waals surface area contributed by atoms with Gasteiger partial charge >= 0.3 is 0 Å². The van der Waals surface area contributed by atoms with Crippen molar-refractivity contribution in [3.05, 3.63) is 0 Å². The molecule has 3 nitrogen and oxygen atoms in total. The fourth-order valence-corrected chi connectivity index (χ4v) is 4.17. The highest BCUT2D eigenvalue weighted by Gasteiger charge is 2.39. The fourth-order valence-electron chi connectivity index (χ4n) is 4.17. The van der Waals surface area contributed by atoms with Crippen LogP contribution in [0.1, 0.15) is 53.4 Å². The van der Waals surface area contributed by atoms with Gasteiger partial charge in [0.2, 0.25) is 0 Å². The summed E-state index contributed by atoms with van der Waals surface area (Å²) in [7, 11) is 2.26. The van der Waals surface area contributed by atoms with Gasteiger partial charge in [0.1, 0.15) is 0 Å². The third-order valence-corrected chi connectivity index (χ3v) is 6.02. The summed E-state index contributed by atoms with van der Waals surface area (Å²) in [6, 6.07) is 2.19. The van der Waals surface area contributed by atoms with Crippen molar-refractivity contribution in [1.82, 2.24) is 15.1 Å². The van der Waals surface area contributed by atoms with E-state index in [1.54, 1.807) is 0 Å². The summed E-state index contributed by atoms with van der Waals surface area (Å²) in [6.07, 6.45) is 5.55. The van der Waals surface area contributed by atoms with Gasteiger partial charge in [-0.1, -0.05) is 13.3 Å². The largest absolute Gasteiger partial charge is 0.312 e. The molecular weight excluding hydrogens is 258 g/mol. The molecule has 1 aliphatic heterocycles. The Kier molecular flexibility index (Phi) is 6.51. The molecule has 1 N–H and O–H groups in total. The maximum atomic E-state index is 3.92. The number of nitrogens with zero attached hydrogens (tertiary/aromatic N) is 2. The molecule has 0 radical (unpaired) electrons. The SMILES string of the molecule is CCC(C)N(C)CCNC1C2CCCC1CN(C(C)C)C2. The van der Waals surface area contributed by atoms with E-state index in [0.29, 0.717) is 12.1 Å². The molecular formula is C18H37N3. The van der Waals surface area contributed by atoms with Crippen LogP contribution >= 0.6 is 0 Å². The maximum absolute atomic E-state index is 3.92. The third kappa shape index (κ3) is 4.43. The molecule has 2 rings (SSSR count). The molecule has 2 bridgehead atoms. The Balaban J connectivity index is 1.81. The lowest BCUT2D eigenvalue weighted by molar-refractivity contribution is 0.0287. The van der Waals surface area contributed by atoms with Crippen molar-refractivity contribution in [3.8, 4) is 0 Å². The minimum absolute atomic E-state index is 0.703. The smallest absolute Gasteiger partial charge is 0.0148 e. The number of hydrogen-bond acceptors (Lipinski definition) is 3. The summed E-state index contributed by atoms with van der Waals surface area (Å²) in [5, 5.41) is 3.92. The fraction of sp³-hybridized carbons (Fsp3) is 1.00. The van der Waals surface area contributed by atoms with Gasteiger partial charge in [0.15, 0.2) is 0 Å². The summed E-state index contributed by atoms with van der Waals surface area (Å²) in [6.45, 7) is 14.3. The van der Waals surface area contributed by atoms with Crippen LogP contribution in [0.15, 0.2) is 0 Å².